The molecule has 94 valence electrons. The van der Waals surface area contributed by atoms with Gasteiger partial charge in [0.2, 0.25) is 0 Å². The van der Waals surface area contributed by atoms with Crippen molar-refractivity contribution in [3.63, 3.8) is 0 Å². The van der Waals surface area contributed by atoms with E-state index in [0.717, 1.165) is 0 Å². The van der Waals surface area contributed by atoms with Crippen LogP contribution in [0.5, 0.6) is 0 Å². The summed E-state index contributed by atoms with van der Waals surface area (Å²) in [6.07, 6.45) is 0. The second-order valence-electron chi connectivity index (χ2n) is 3.60. The van der Waals surface area contributed by atoms with Crippen LogP contribution >= 0.6 is 0 Å². The van der Waals surface area contributed by atoms with Gasteiger partial charge in [0.15, 0.2) is 0 Å². The first kappa shape index (κ1) is 14.7. The highest BCUT2D eigenvalue weighted by molar-refractivity contribution is 6.92. The monoisotopic (exact) mass is 302 g/mol. The van der Waals surface area contributed by atoms with E-state index in [1.165, 1.54) is 0 Å². The number of hydrogen-bond acceptors (Lipinski definition) is 4. The molecule has 1 aliphatic heterocycles. The Hall–Kier alpha value is -0.332. The van der Waals surface area contributed by atoms with Gasteiger partial charge in [-0.3, -0.25) is 0 Å². The van der Waals surface area contributed by atoms with Crippen LogP contribution in [0.15, 0.2) is 49.1 Å². The first-order valence-corrected chi connectivity index (χ1v) is 12.3. The maximum Gasteiger partial charge on any atom is 0.373 e. The van der Waals surface area contributed by atoms with Crippen molar-refractivity contribution in [3.8, 4) is 0 Å². The maximum absolute atomic E-state index is 6.07. The van der Waals surface area contributed by atoms with Crippen LogP contribution in [0, 0.1) is 0 Å². The van der Waals surface area contributed by atoms with Crippen molar-refractivity contribution in [2.75, 3.05) is 0 Å². The predicted molar refractivity (Wildman–Crippen MR) is 78.2 cm³/mol. The molecule has 1 fully saturated rings. The lowest BCUT2D eigenvalue weighted by Crippen LogP contribution is -2.56. The molecule has 4 nitrogen and oxygen atoms in total. The van der Waals surface area contributed by atoms with Crippen LogP contribution in [-0.4, -0.2) is 36.4 Å². The molecular formula is C9H18O4Si4. The molecule has 0 N–H and O–H groups in total. The summed E-state index contributed by atoms with van der Waals surface area (Å²) in [5, 5.41) is 0. The number of hydrogen-bond donors (Lipinski definition) is 0. The molecule has 0 saturated carbocycles. The third-order valence-corrected chi connectivity index (χ3v) is 14.6. The molecule has 0 bridgehead atoms. The van der Waals surface area contributed by atoms with Crippen LogP contribution in [0.3, 0.4) is 0 Å². The largest absolute Gasteiger partial charge is 0.419 e. The van der Waals surface area contributed by atoms with Gasteiger partial charge in [0.1, 0.15) is 0 Å². The first-order valence-electron chi connectivity index (χ1n) is 5.20. The maximum atomic E-state index is 6.07. The van der Waals surface area contributed by atoms with E-state index in [1.807, 2.05) is 6.55 Å². The van der Waals surface area contributed by atoms with Crippen LogP contribution < -0.4 is 0 Å². The Balaban J connectivity index is 3.02. The predicted octanol–water partition coefficient (Wildman–Crippen LogP) is 0.701. The topological polar surface area (TPSA) is 36.9 Å². The van der Waals surface area contributed by atoms with Crippen molar-refractivity contribution >= 4 is 36.4 Å². The molecular weight excluding hydrogens is 284 g/mol. The Morgan fingerprint density at radius 3 is 2.24 bits per heavy atom. The van der Waals surface area contributed by atoms with Crippen LogP contribution in [0.25, 0.3) is 0 Å². The molecule has 0 amide bonds. The summed E-state index contributed by atoms with van der Waals surface area (Å²) >= 11 is 0. The van der Waals surface area contributed by atoms with Crippen LogP contribution in [0.4, 0.5) is 0 Å². The van der Waals surface area contributed by atoms with E-state index in [1.54, 1.807) is 22.8 Å². The summed E-state index contributed by atoms with van der Waals surface area (Å²) in [6, 6.07) is 0. The van der Waals surface area contributed by atoms with Gasteiger partial charge in [-0.05, 0) is 17.9 Å². The fourth-order valence-corrected chi connectivity index (χ4v) is 13.2. The highest BCUT2D eigenvalue weighted by atomic mass is 28.5. The standard InChI is InChI=1S/C9H18O4Si4/c1-6-15-10-14-11-16(5,7-2)13-17(8-3,9-4)12-15/h6-9,15H,1-4,14H2,5H3. The SMILES string of the molecule is C=C[SiH]1O[SiH2]O[Si](C)(C=C)O[Si](C=C)(C=C)O1. The van der Waals surface area contributed by atoms with Gasteiger partial charge in [0.05, 0.1) is 0 Å². The normalized spacial score (nSPS) is 34.3. The summed E-state index contributed by atoms with van der Waals surface area (Å²) < 4.78 is 23.4. The fourth-order valence-electron chi connectivity index (χ4n) is 1.28. The average Bonchev–Trinajstić information content (AvgIpc) is 2.34. The van der Waals surface area contributed by atoms with E-state index in [0.29, 0.717) is 0 Å². The Morgan fingerprint density at radius 1 is 1.12 bits per heavy atom. The summed E-state index contributed by atoms with van der Waals surface area (Å²) in [7, 11) is -8.13. The fraction of sp³-hybridized carbons (Fsp3) is 0.111. The molecule has 1 rings (SSSR count). The average molecular weight is 303 g/mol. The molecule has 0 radical (unpaired) electrons. The Morgan fingerprint density at radius 2 is 1.76 bits per heavy atom. The Kier molecular flexibility index (Phi) is 5.21. The van der Waals surface area contributed by atoms with E-state index < -0.39 is 36.4 Å². The van der Waals surface area contributed by atoms with E-state index in [9.17, 15) is 0 Å². The van der Waals surface area contributed by atoms with Gasteiger partial charge in [-0.25, -0.2) is 0 Å². The summed E-state index contributed by atoms with van der Waals surface area (Å²) in [6.45, 7) is 17.0. The van der Waals surface area contributed by atoms with Crippen LogP contribution in [-0.2, 0) is 16.5 Å². The van der Waals surface area contributed by atoms with Gasteiger partial charge < -0.3 is 16.5 Å². The molecule has 1 heterocycles. The molecule has 2 unspecified atom stereocenters. The highest BCUT2D eigenvalue weighted by Gasteiger charge is 2.44. The van der Waals surface area contributed by atoms with Crippen molar-refractivity contribution in [1.82, 2.24) is 0 Å². The Labute approximate surface area is 109 Å². The zero-order valence-corrected chi connectivity index (χ0v) is 14.6. The van der Waals surface area contributed by atoms with Crippen molar-refractivity contribution < 1.29 is 16.5 Å². The molecule has 0 spiro atoms. The van der Waals surface area contributed by atoms with Crippen molar-refractivity contribution in [2.45, 2.75) is 6.55 Å². The molecule has 0 aromatic carbocycles. The lowest BCUT2D eigenvalue weighted by atomic mass is 11.2. The third-order valence-electron chi connectivity index (χ3n) is 2.37. The van der Waals surface area contributed by atoms with Gasteiger partial charge >= 0.3 is 26.4 Å². The lowest BCUT2D eigenvalue weighted by Gasteiger charge is -2.38. The van der Waals surface area contributed by atoms with Gasteiger partial charge in [0.25, 0.3) is 10.0 Å². The minimum Gasteiger partial charge on any atom is -0.419 e. The van der Waals surface area contributed by atoms with E-state index in [2.05, 4.69) is 26.3 Å². The molecule has 0 aromatic rings. The first-order chi connectivity index (χ1) is 8.03. The zero-order valence-electron chi connectivity index (χ0n) is 10.1. The van der Waals surface area contributed by atoms with Gasteiger partial charge in [0, 0.05) is 0 Å². The second kappa shape index (κ2) is 6.02. The highest BCUT2D eigenvalue weighted by Crippen LogP contribution is 2.22. The molecule has 0 aromatic heterocycles. The Bertz CT molecular complexity index is 327. The molecule has 0 aliphatic carbocycles. The molecule has 8 heteroatoms. The smallest absolute Gasteiger partial charge is 0.373 e. The van der Waals surface area contributed by atoms with Crippen molar-refractivity contribution in [2.24, 2.45) is 0 Å². The molecule has 17 heavy (non-hydrogen) atoms. The second-order valence-corrected chi connectivity index (χ2v) is 14.0. The zero-order chi connectivity index (χ0) is 12.9. The van der Waals surface area contributed by atoms with Gasteiger partial charge in [-0.2, -0.15) is 0 Å². The van der Waals surface area contributed by atoms with E-state index in [-0.39, 0.29) is 0 Å². The van der Waals surface area contributed by atoms with E-state index >= 15 is 0 Å². The van der Waals surface area contributed by atoms with Crippen molar-refractivity contribution in [3.05, 3.63) is 49.1 Å². The quantitative estimate of drug-likeness (QED) is 0.717. The minimum atomic E-state index is -2.67. The third kappa shape index (κ3) is 3.56. The summed E-state index contributed by atoms with van der Waals surface area (Å²) in [5.41, 5.74) is 6.83. The molecule has 1 saturated heterocycles. The molecule has 2 atom stereocenters. The molecule has 1 aliphatic rings. The van der Waals surface area contributed by atoms with Gasteiger partial charge in [-0.15, -0.1) is 26.3 Å². The van der Waals surface area contributed by atoms with Crippen LogP contribution in [0.1, 0.15) is 0 Å². The minimum absolute atomic E-state index is 1.10. The van der Waals surface area contributed by atoms with E-state index in [4.69, 9.17) is 16.5 Å². The van der Waals surface area contributed by atoms with Crippen molar-refractivity contribution in [1.29, 1.82) is 0 Å². The lowest BCUT2D eigenvalue weighted by molar-refractivity contribution is 0.289. The number of rotatable bonds is 4. The summed E-state index contributed by atoms with van der Waals surface area (Å²) in [4.78, 5) is 0. The van der Waals surface area contributed by atoms with Crippen LogP contribution in [0.2, 0.25) is 6.55 Å². The summed E-state index contributed by atoms with van der Waals surface area (Å²) in [5.74, 6) is 0. The van der Waals surface area contributed by atoms with Gasteiger partial charge in [-0.1, -0.05) is 11.4 Å².